The number of carbonyl (C=O) groups excluding carboxylic acids is 7. The third kappa shape index (κ3) is 34.4. The van der Waals surface area contributed by atoms with Crippen molar-refractivity contribution < 1.29 is 101 Å². The van der Waals surface area contributed by atoms with Crippen LogP contribution in [0.4, 0.5) is 0 Å². The summed E-state index contributed by atoms with van der Waals surface area (Å²) in [5.41, 5.74) is -8.53. The summed E-state index contributed by atoms with van der Waals surface area (Å²) in [5, 5.41) is 44.7. The number of ketones is 2. The number of thiocarbonyl (C=S) groups is 1. The number of ether oxygens (including phenoxy) is 9. The molecule has 1 saturated heterocycles. The van der Waals surface area contributed by atoms with Gasteiger partial charge < -0.3 is 78.1 Å². The summed E-state index contributed by atoms with van der Waals surface area (Å²) in [6.07, 6.45) is 0.550. The normalized spacial score (nSPS) is 19.7. The molecule has 25 nitrogen and oxygen atoms in total. The first-order valence-corrected chi connectivity index (χ1v) is 39.5. The molecular weight excluding hydrogens is 1410 g/mol. The summed E-state index contributed by atoms with van der Waals surface area (Å²) >= 11 is 8.02. The van der Waals surface area contributed by atoms with Gasteiger partial charge in [0.25, 0.3) is 0 Å². The van der Waals surface area contributed by atoms with Crippen LogP contribution in [0.5, 0.6) is 0 Å². The number of nitrogens with zero attached hydrogens (tertiary/aromatic N) is 3. The number of hydrogen-bond donors (Lipinski definition) is 5. The number of esters is 4. The molecule has 2 heterocycles. The van der Waals surface area contributed by atoms with Crippen LogP contribution in [0.25, 0.3) is 4.85 Å². The molecule has 1 aliphatic rings. The first-order valence-electron chi connectivity index (χ1n) is 35.0. The van der Waals surface area contributed by atoms with Crippen molar-refractivity contribution in [1.82, 2.24) is 15.2 Å². The summed E-state index contributed by atoms with van der Waals surface area (Å²) in [5.74, 6) is -3.99. The number of nitrogens with one attached hydrogen (secondary N) is 1. The Labute approximate surface area is 620 Å². The van der Waals surface area contributed by atoms with E-state index in [2.05, 4.69) is 15.1 Å². The van der Waals surface area contributed by atoms with Crippen molar-refractivity contribution in [3.8, 4) is 0 Å². The second kappa shape index (κ2) is 48.9. The Bertz CT molecular complexity index is 2740. The van der Waals surface area contributed by atoms with Gasteiger partial charge in [0.15, 0.2) is 6.29 Å². The Morgan fingerprint density at radius 1 is 0.673 bits per heavy atom. The lowest BCUT2D eigenvalue weighted by Gasteiger charge is -2.45. The van der Waals surface area contributed by atoms with Gasteiger partial charge in [0.05, 0.1) is 61.3 Å². The number of methoxy groups -OCH3 is 1. The Morgan fingerprint density at radius 2 is 1.26 bits per heavy atom. The molecule has 11 atom stereocenters. The zero-order chi connectivity index (χ0) is 75.7. The molecule has 0 spiro atoms. The van der Waals surface area contributed by atoms with Crippen LogP contribution in [0.15, 0.2) is 29.4 Å². The van der Waals surface area contributed by atoms with Crippen molar-refractivity contribution in [2.24, 2.45) is 21.7 Å². The Morgan fingerprint density at radius 3 is 1.82 bits per heavy atom. The minimum absolute atomic E-state index is 0.00905. The Kier molecular flexibility index (Phi) is 45.1. The predicted octanol–water partition coefficient (Wildman–Crippen LogP) is 10.1. The third-order valence-corrected chi connectivity index (χ3v) is 22.3. The molecule has 30 heteroatoms. The Balaban J connectivity index is 2.36. The molecule has 0 bridgehead atoms. The van der Waals surface area contributed by atoms with Crippen LogP contribution >= 0.6 is 57.3 Å². The van der Waals surface area contributed by atoms with Gasteiger partial charge in [0, 0.05) is 91.2 Å². The van der Waals surface area contributed by atoms with E-state index in [9.17, 15) is 44.4 Å². The number of aromatic nitrogens is 1. The van der Waals surface area contributed by atoms with Crippen LogP contribution in [-0.2, 0) is 81.0 Å². The molecule has 6 unspecified atom stereocenters. The minimum Gasteiger partial charge on any atom is -0.480 e. The molecule has 0 radical (unpaired) electrons. The SMILES string of the molecule is [C-]#[N+]C(C)(CCC(=O)CCCOCCOCCC(=O)CCCCCCO[C@@H]1O[C@H](CO)[C@H](O)[C@H](O)[C@H]1NC(C)=O)CC(C)(CC(C)(CC(C)(CC(C)(CC(CCC)(SC(=S)SCC)C(=O)O)C(=O)OCCCC)C(=O)OCCN(C)C)C(=O)OCCOC)C(=O)OCCSSc1ccccn1. The fraction of sp³-hybridized carbons (Fsp3) is 0.789. The van der Waals surface area contributed by atoms with E-state index in [1.54, 1.807) is 61.0 Å². The highest BCUT2D eigenvalue weighted by molar-refractivity contribution is 8.76. The number of carboxylic acid groups (broad SMARTS) is 1. The van der Waals surface area contributed by atoms with Gasteiger partial charge in [-0.15, -0.1) is 11.8 Å². The monoisotopic (exact) mass is 1520 g/mol. The van der Waals surface area contributed by atoms with E-state index in [1.807, 2.05) is 37.8 Å². The largest absolute Gasteiger partial charge is 0.480 e. The number of rotatable bonds is 56. The van der Waals surface area contributed by atoms with Crippen molar-refractivity contribution in [1.29, 1.82) is 0 Å². The van der Waals surface area contributed by atoms with Crippen LogP contribution in [0.2, 0.25) is 0 Å². The lowest BCUT2D eigenvalue weighted by Crippen LogP contribution is -2.64. The highest BCUT2D eigenvalue weighted by Crippen LogP contribution is 2.54. The highest BCUT2D eigenvalue weighted by atomic mass is 33.1. The molecule has 1 aromatic heterocycles. The van der Waals surface area contributed by atoms with Gasteiger partial charge in [-0.2, -0.15) is 0 Å². The van der Waals surface area contributed by atoms with Gasteiger partial charge >= 0.3 is 29.8 Å². The maximum atomic E-state index is 15.3. The second-order valence-corrected chi connectivity index (χ2v) is 33.7. The van der Waals surface area contributed by atoms with Gasteiger partial charge in [-0.25, -0.2) is 11.6 Å². The standard InChI is InChI=1S/C71H116N4O21S5/c1-14-17-35-92-64(87)69(8,50-71(30-15-2,60(82)83)100-65(97)98-16-3)48-67(6,61(84)93-38-33-75(11)12)46-66(5,62(85)94-42-39-88-13)47-68(7,63(86)95-43-44-99-101-55-27-21-22-32-73-55)49-70(9,72-10)31-28-52(78)26-24-34-89-40-41-90-37-29-53(79)25-20-18-19-23-36-91-59-56(74-51(4)77)58(81)57(80)54(45-76)96-59/h21-22,27,32,54,56-59,76,80-81H,14-20,23-26,28-31,33-50H2,1-9,11-13H3,(H,74,77)(H,82,83)/t54-,56-,57+,58-,59-,66?,67?,68?,69?,70?,71?/m1/s1. The number of pyridine rings is 1. The summed E-state index contributed by atoms with van der Waals surface area (Å²) < 4.78 is 50.8. The second-order valence-electron chi connectivity index (χ2n) is 27.5. The number of amides is 1. The van der Waals surface area contributed by atoms with E-state index in [0.29, 0.717) is 66.5 Å². The van der Waals surface area contributed by atoms with Crippen molar-refractivity contribution in [3.63, 3.8) is 0 Å². The molecule has 101 heavy (non-hydrogen) atoms. The summed E-state index contributed by atoms with van der Waals surface area (Å²) in [6, 6.07) is 4.48. The summed E-state index contributed by atoms with van der Waals surface area (Å²) in [6.45, 7) is 24.0. The molecule has 1 aromatic rings. The average molecular weight is 1520 g/mol. The lowest BCUT2D eigenvalue weighted by molar-refractivity contribution is -0.270. The number of carboxylic acids is 1. The number of aliphatic hydroxyl groups is 3. The van der Waals surface area contributed by atoms with Crippen molar-refractivity contribution >= 4 is 108 Å². The van der Waals surface area contributed by atoms with Crippen LogP contribution in [-0.4, -0.2) is 234 Å². The number of aliphatic hydroxyl groups excluding tert-OH is 3. The molecule has 1 fully saturated rings. The number of thioether (sulfide) groups is 2. The molecule has 0 aromatic carbocycles. The number of likely N-dealkylation sites (N-methyl/N-ethyl adjacent to an activating group) is 1. The van der Waals surface area contributed by atoms with Gasteiger partial charge in [0.2, 0.25) is 11.4 Å². The fourth-order valence-corrected chi connectivity index (χ4v) is 17.5. The first-order chi connectivity index (χ1) is 47.8. The van der Waals surface area contributed by atoms with Crippen LogP contribution in [0.3, 0.4) is 0 Å². The van der Waals surface area contributed by atoms with E-state index < -0.39 is 111 Å². The third-order valence-electron chi connectivity index (χ3n) is 17.3. The van der Waals surface area contributed by atoms with Gasteiger partial charge in [-0.3, -0.25) is 38.4 Å². The zero-order valence-corrected chi connectivity index (χ0v) is 65.7. The molecule has 2 rings (SSSR count). The smallest absolute Gasteiger partial charge is 0.320 e. The molecule has 1 amide bonds. The van der Waals surface area contributed by atoms with E-state index in [1.165, 1.54) is 47.4 Å². The molecule has 576 valence electrons. The summed E-state index contributed by atoms with van der Waals surface area (Å²) in [4.78, 5) is 122. The number of carbonyl (C=O) groups is 8. The van der Waals surface area contributed by atoms with Crippen LogP contribution < -0.4 is 5.32 Å². The first kappa shape index (κ1) is 93.0. The van der Waals surface area contributed by atoms with Crippen molar-refractivity contribution in [3.05, 3.63) is 35.8 Å². The number of aliphatic carboxylic acids is 1. The lowest BCUT2D eigenvalue weighted by atomic mass is 9.59. The number of Topliss-reactive ketones (excluding diaryl/α,β-unsaturated/α-hetero) is 2. The quantitative estimate of drug-likeness (QED) is 0.0101. The van der Waals surface area contributed by atoms with Crippen LogP contribution in [0, 0.1) is 28.2 Å². The molecule has 0 aliphatic carbocycles. The van der Waals surface area contributed by atoms with Crippen molar-refractivity contribution in [2.75, 3.05) is 112 Å². The molecule has 5 N–H and O–H groups in total. The Hall–Kier alpha value is -4.07. The van der Waals surface area contributed by atoms with Gasteiger partial charge in [0.1, 0.15) is 69.0 Å². The predicted molar refractivity (Wildman–Crippen MR) is 395 cm³/mol. The van der Waals surface area contributed by atoms with E-state index in [-0.39, 0.29) is 135 Å². The zero-order valence-electron chi connectivity index (χ0n) is 61.6. The summed E-state index contributed by atoms with van der Waals surface area (Å²) in [7, 11) is 7.83. The molecular formula is C71H116N4O21S5. The highest BCUT2D eigenvalue weighted by Gasteiger charge is 2.59. The van der Waals surface area contributed by atoms with Gasteiger partial charge in [-0.1, -0.05) is 87.3 Å². The average Bonchev–Trinajstić information content (AvgIpc) is 0.758. The fourth-order valence-electron chi connectivity index (χ4n) is 12.5. The van der Waals surface area contributed by atoms with E-state index in [0.717, 1.165) is 29.6 Å². The number of unbranched alkanes of at least 4 members (excludes halogenated alkanes) is 4. The van der Waals surface area contributed by atoms with E-state index >= 15 is 14.4 Å². The van der Waals surface area contributed by atoms with Gasteiger partial charge in [-0.05, 0) is 128 Å². The maximum Gasteiger partial charge on any atom is 0.320 e. The minimum atomic E-state index is -1.83. The molecule has 1 aliphatic heterocycles. The topological polar surface area (TPSA) is 333 Å². The van der Waals surface area contributed by atoms with E-state index in [4.69, 9.17) is 61.4 Å². The number of hydrogen-bond acceptors (Lipinski definition) is 27. The maximum absolute atomic E-state index is 15.3. The van der Waals surface area contributed by atoms with Crippen molar-refractivity contribution in [2.45, 2.75) is 230 Å². The molecule has 0 saturated carbocycles. The van der Waals surface area contributed by atoms with Crippen LogP contribution in [0.1, 0.15) is 184 Å².